The Morgan fingerprint density at radius 1 is 1.12 bits per heavy atom. The molecule has 1 saturated carbocycles. The Morgan fingerprint density at radius 2 is 1.88 bits per heavy atom. The number of amides is 1. The molecule has 1 aliphatic carbocycles. The van der Waals surface area contributed by atoms with Crippen LogP contribution in [0.3, 0.4) is 0 Å². The molecule has 3 aromatic rings. The first kappa shape index (κ1) is 29.8. The molecule has 1 saturated heterocycles. The summed E-state index contributed by atoms with van der Waals surface area (Å²) in [5.74, 6) is 0.735. The van der Waals surface area contributed by atoms with Gasteiger partial charge in [0.25, 0.3) is 5.91 Å². The quantitative estimate of drug-likeness (QED) is 0.388. The highest BCUT2D eigenvalue weighted by atomic mass is 19.4. The van der Waals surface area contributed by atoms with E-state index < -0.39 is 23.1 Å². The molecule has 0 N–H and O–H groups in total. The van der Waals surface area contributed by atoms with E-state index in [-0.39, 0.29) is 29.8 Å². The van der Waals surface area contributed by atoms with Crippen LogP contribution in [-0.2, 0) is 36.5 Å². The second-order valence-corrected chi connectivity index (χ2v) is 12.8. The number of carbonyl (C=O) groups excluding carboxylic acids is 1. The van der Waals surface area contributed by atoms with Crippen LogP contribution in [-0.4, -0.2) is 76.4 Å². The molecule has 11 heteroatoms. The molecule has 230 valence electrons. The third-order valence-electron chi connectivity index (χ3n) is 9.63. The Hall–Kier alpha value is -3.28. The number of halogens is 3. The van der Waals surface area contributed by atoms with Crippen molar-refractivity contribution in [1.29, 1.82) is 0 Å². The summed E-state index contributed by atoms with van der Waals surface area (Å²) in [6.07, 6.45) is -1.48. The molecule has 3 aliphatic rings. The average Bonchev–Trinajstić information content (AvgIpc) is 3.51. The van der Waals surface area contributed by atoms with Crippen LogP contribution in [0.15, 0.2) is 42.7 Å². The van der Waals surface area contributed by atoms with Crippen molar-refractivity contribution < 1.29 is 22.7 Å². The fraction of sp³-hybridized carbons (Fsp3) is 0.531. The van der Waals surface area contributed by atoms with Crippen LogP contribution in [0.25, 0.3) is 0 Å². The predicted molar refractivity (Wildman–Crippen MR) is 157 cm³/mol. The standard InChI is InChI=1S/C32H39F3N6O2/c1-20(2)28-18-38(3)9-10-40(28)16-21-11-25-26(27(12-21)32(33,34)35)17-41(29(25)42)23-8-6-7-22(13-23)31(14-24(15-31)43-5)30-37-36-19-39(30)4/h6-8,11-13,19-20,24,28H,9-10,14-18H2,1-5H3/t24-,28-,31-/m1/s1. The van der Waals surface area contributed by atoms with Gasteiger partial charge in [0.15, 0.2) is 0 Å². The van der Waals surface area contributed by atoms with Crippen LogP contribution >= 0.6 is 0 Å². The second kappa shape index (κ2) is 11.0. The molecule has 2 aromatic carbocycles. The van der Waals surface area contributed by atoms with E-state index in [1.165, 1.54) is 11.0 Å². The summed E-state index contributed by atoms with van der Waals surface area (Å²) >= 11 is 0. The number of alkyl halides is 3. The third-order valence-corrected chi connectivity index (χ3v) is 9.63. The van der Waals surface area contributed by atoms with Crippen molar-refractivity contribution in [2.45, 2.75) is 63.5 Å². The molecule has 1 aromatic heterocycles. The maximum absolute atomic E-state index is 14.5. The summed E-state index contributed by atoms with van der Waals surface area (Å²) in [7, 11) is 5.65. The molecule has 43 heavy (non-hydrogen) atoms. The molecular formula is C32H39F3N6O2. The van der Waals surface area contributed by atoms with Gasteiger partial charge >= 0.3 is 6.18 Å². The fourth-order valence-corrected chi connectivity index (χ4v) is 7.19. The van der Waals surface area contributed by atoms with Crippen molar-refractivity contribution in [2.24, 2.45) is 13.0 Å². The molecule has 1 amide bonds. The predicted octanol–water partition coefficient (Wildman–Crippen LogP) is 4.86. The van der Waals surface area contributed by atoms with Crippen LogP contribution in [0, 0.1) is 5.92 Å². The highest BCUT2D eigenvalue weighted by Crippen LogP contribution is 2.50. The van der Waals surface area contributed by atoms with E-state index in [1.54, 1.807) is 25.6 Å². The first-order valence-corrected chi connectivity index (χ1v) is 14.9. The smallest absolute Gasteiger partial charge is 0.381 e. The number of likely N-dealkylation sites (N-methyl/N-ethyl adjacent to an activating group) is 1. The minimum absolute atomic E-state index is 0.0385. The Bertz CT molecular complexity index is 1510. The van der Waals surface area contributed by atoms with Gasteiger partial charge in [-0.1, -0.05) is 26.0 Å². The van der Waals surface area contributed by atoms with E-state index in [2.05, 4.69) is 40.9 Å². The van der Waals surface area contributed by atoms with E-state index in [0.717, 1.165) is 31.0 Å². The number of hydrogen-bond donors (Lipinski definition) is 0. The van der Waals surface area contributed by atoms with Gasteiger partial charge in [-0.2, -0.15) is 13.2 Å². The highest BCUT2D eigenvalue weighted by Gasteiger charge is 2.50. The molecule has 0 radical (unpaired) electrons. The molecule has 0 spiro atoms. The SMILES string of the molecule is CO[C@H]1C[C@](c2cccc(N3Cc4c(cc(CN5CCN(C)C[C@@H]5C(C)C)cc4C(F)(F)F)C3=O)c2)(c2nncn2C)C1. The summed E-state index contributed by atoms with van der Waals surface area (Å²) in [4.78, 5) is 19.8. The summed E-state index contributed by atoms with van der Waals surface area (Å²) in [5, 5.41) is 8.47. The maximum atomic E-state index is 14.5. The number of aromatic nitrogens is 3. The Morgan fingerprint density at radius 3 is 2.53 bits per heavy atom. The summed E-state index contributed by atoms with van der Waals surface area (Å²) in [6, 6.07) is 10.7. The number of nitrogens with zero attached hydrogens (tertiary/aromatic N) is 6. The van der Waals surface area contributed by atoms with Gasteiger partial charge in [0.1, 0.15) is 12.2 Å². The molecule has 2 aliphatic heterocycles. The van der Waals surface area contributed by atoms with Gasteiger partial charge in [-0.05, 0) is 66.8 Å². The highest BCUT2D eigenvalue weighted by molar-refractivity contribution is 6.10. The molecule has 2 fully saturated rings. The molecular weight excluding hydrogens is 557 g/mol. The van der Waals surface area contributed by atoms with Crippen LogP contribution in [0.1, 0.15) is 65.1 Å². The minimum atomic E-state index is -4.58. The monoisotopic (exact) mass is 596 g/mol. The zero-order valence-electron chi connectivity index (χ0n) is 25.4. The van der Waals surface area contributed by atoms with E-state index in [4.69, 9.17) is 4.74 Å². The van der Waals surface area contributed by atoms with Crippen molar-refractivity contribution in [1.82, 2.24) is 24.6 Å². The number of rotatable bonds is 7. The van der Waals surface area contributed by atoms with Crippen molar-refractivity contribution in [3.8, 4) is 0 Å². The molecule has 1 atom stereocenters. The zero-order valence-corrected chi connectivity index (χ0v) is 25.4. The van der Waals surface area contributed by atoms with Gasteiger partial charge in [-0.3, -0.25) is 9.69 Å². The van der Waals surface area contributed by atoms with Crippen LogP contribution in [0.5, 0.6) is 0 Å². The lowest BCUT2D eigenvalue weighted by Crippen LogP contribution is -2.53. The van der Waals surface area contributed by atoms with E-state index in [9.17, 15) is 18.0 Å². The van der Waals surface area contributed by atoms with E-state index in [1.807, 2.05) is 29.8 Å². The van der Waals surface area contributed by atoms with Crippen molar-refractivity contribution >= 4 is 11.6 Å². The summed E-state index contributed by atoms with van der Waals surface area (Å²) < 4.78 is 50.9. The number of carbonyl (C=O) groups is 1. The molecule has 8 nitrogen and oxygen atoms in total. The van der Waals surface area contributed by atoms with Gasteiger partial charge in [0.05, 0.1) is 23.6 Å². The Labute approximate surface area is 250 Å². The number of fused-ring (bicyclic) bond motifs is 1. The molecule has 6 rings (SSSR count). The topological polar surface area (TPSA) is 66.7 Å². The largest absolute Gasteiger partial charge is 0.416 e. The maximum Gasteiger partial charge on any atom is 0.416 e. The number of anilines is 1. The van der Waals surface area contributed by atoms with E-state index >= 15 is 0 Å². The van der Waals surface area contributed by atoms with E-state index in [0.29, 0.717) is 36.6 Å². The van der Waals surface area contributed by atoms with Gasteiger partial charge < -0.3 is 19.1 Å². The third kappa shape index (κ3) is 5.25. The lowest BCUT2D eigenvalue weighted by molar-refractivity contribution is -0.138. The number of benzene rings is 2. The molecule has 0 unspecified atom stereocenters. The fourth-order valence-electron chi connectivity index (χ4n) is 7.19. The number of piperazine rings is 1. The number of aryl methyl sites for hydroxylation is 1. The zero-order chi connectivity index (χ0) is 30.7. The van der Waals surface area contributed by atoms with Gasteiger partial charge in [-0.15, -0.1) is 10.2 Å². The van der Waals surface area contributed by atoms with Crippen molar-refractivity contribution in [3.05, 3.63) is 76.4 Å². The molecule has 0 bridgehead atoms. The van der Waals surface area contributed by atoms with Crippen molar-refractivity contribution in [2.75, 3.05) is 38.7 Å². The van der Waals surface area contributed by atoms with Crippen LogP contribution in [0.4, 0.5) is 18.9 Å². The van der Waals surface area contributed by atoms with Crippen LogP contribution < -0.4 is 4.90 Å². The van der Waals surface area contributed by atoms with Crippen molar-refractivity contribution in [3.63, 3.8) is 0 Å². The summed E-state index contributed by atoms with van der Waals surface area (Å²) in [6.45, 7) is 7.00. The Kier molecular flexibility index (Phi) is 7.63. The lowest BCUT2D eigenvalue weighted by Gasteiger charge is -2.46. The molecule has 3 heterocycles. The van der Waals surface area contributed by atoms with Gasteiger partial charge in [-0.25, -0.2) is 0 Å². The first-order chi connectivity index (χ1) is 20.4. The average molecular weight is 597 g/mol. The van der Waals surface area contributed by atoms with Gasteiger partial charge in [0, 0.05) is 57.6 Å². The second-order valence-electron chi connectivity index (χ2n) is 12.8. The number of methoxy groups -OCH3 is 1. The lowest BCUT2D eigenvalue weighted by atomic mass is 9.62. The normalized spacial score (nSPS) is 25.0. The van der Waals surface area contributed by atoms with Gasteiger partial charge in [0.2, 0.25) is 0 Å². The number of hydrogen-bond acceptors (Lipinski definition) is 6. The summed E-state index contributed by atoms with van der Waals surface area (Å²) in [5.41, 5.74) is 1.01. The first-order valence-electron chi connectivity index (χ1n) is 14.9. The number of ether oxygens (including phenoxy) is 1. The Balaban J connectivity index is 1.34. The minimum Gasteiger partial charge on any atom is -0.381 e. The van der Waals surface area contributed by atoms with Crippen LogP contribution in [0.2, 0.25) is 0 Å².